The smallest absolute Gasteiger partial charge is 0.123 e. The molecule has 0 aliphatic rings. The van der Waals surface area contributed by atoms with Crippen LogP contribution in [0.4, 0.5) is 0 Å². The van der Waals surface area contributed by atoms with Crippen LogP contribution >= 0.6 is 0 Å². The van der Waals surface area contributed by atoms with E-state index in [1.165, 1.54) is 17.5 Å². The number of hydrogen-bond acceptors (Lipinski definition) is 3. The Kier molecular flexibility index (Phi) is 7.63. The summed E-state index contributed by atoms with van der Waals surface area (Å²) in [5, 5.41) is 3.38. The fraction of sp³-hybridized carbons (Fsp3) is 0.647. The Morgan fingerprint density at radius 1 is 1.25 bits per heavy atom. The summed E-state index contributed by atoms with van der Waals surface area (Å²) in [6.45, 7) is 12.9. The van der Waals surface area contributed by atoms with Crippen LogP contribution in [0.2, 0.25) is 0 Å². The van der Waals surface area contributed by atoms with Gasteiger partial charge < -0.3 is 10.1 Å². The molecule has 114 valence electrons. The molecule has 0 radical (unpaired) electrons. The van der Waals surface area contributed by atoms with Crippen LogP contribution in [0.3, 0.4) is 0 Å². The van der Waals surface area contributed by atoms with Gasteiger partial charge in [0.05, 0.1) is 7.11 Å². The normalized spacial score (nSPS) is 11.3. The molecule has 0 saturated carbocycles. The minimum Gasteiger partial charge on any atom is -0.496 e. The average Bonchev–Trinajstić information content (AvgIpc) is 2.44. The Hall–Kier alpha value is -1.06. The van der Waals surface area contributed by atoms with Crippen molar-refractivity contribution in [2.45, 2.75) is 53.2 Å². The maximum atomic E-state index is 5.52. The molecule has 0 aliphatic carbocycles. The Bertz CT molecular complexity index is 391. The Labute approximate surface area is 124 Å². The molecule has 1 N–H and O–H groups in total. The molecule has 0 aliphatic heterocycles. The second-order valence-electron chi connectivity index (χ2n) is 5.49. The summed E-state index contributed by atoms with van der Waals surface area (Å²) >= 11 is 0. The van der Waals surface area contributed by atoms with Crippen LogP contribution in [-0.2, 0) is 13.1 Å². The van der Waals surface area contributed by atoms with Gasteiger partial charge in [-0.25, -0.2) is 0 Å². The minimum absolute atomic E-state index is 0.553. The molecule has 0 spiro atoms. The van der Waals surface area contributed by atoms with Gasteiger partial charge in [-0.2, -0.15) is 0 Å². The summed E-state index contributed by atoms with van der Waals surface area (Å²) in [5.74, 6) is 0.993. The molecule has 3 heteroatoms. The van der Waals surface area contributed by atoms with Crippen molar-refractivity contribution >= 4 is 0 Å². The highest BCUT2D eigenvalue weighted by Crippen LogP contribution is 2.22. The van der Waals surface area contributed by atoms with Crippen molar-refractivity contribution in [1.82, 2.24) is 10.2 Å². The van der Waals surface area contributed by atoms with Crippen LogP contribution in [0.25, 0.3) is 0 Å². The summed E-state index contributed by atoms with van der Waals surface area (Å²) in [7, 11) is 1.75. The first-order chi connectivity index (χ1) is 9.62. The van der Waals surface area contributed by atoms with Gasteiger partial charge in [0.2, 0.25) is 0 Å². The number of hydrogen-bond donors (Lipinski definition) is 1. The van der Waals surface area contributed by atoms with E-state index in [4.69, 9.17) is 4.74 Å². The number of nitrogens with one attached hydrogen (secondary N) is 1. The highest BCUT2D eigenvalue weighted by atomic mass is 16.5. The van der Waals surface area contributed by atoms with Gasteiger partial charge in [0, 0.05) is 24.7 Å². The fourth-order valence-corrected chi connectivity index (χ4v) is 2.36. The molecule has 1 aromatic rings. The molecule has 0 fully saturated rings. The number of ether oxygens (including phenoxy) is 1. The van der Waals surface area contributed by atoms with E-state index in [0.717, 1.165) is 31.9 Å². The van der Waals surface area contributed by atoms with Gasteiger partial charge in [-0.15, -0.1) is 0 Å². The summed E-state index contributed by atoms with van der Waals surface area (Å²) in [4.78, 5) is 2.49. The quantitative estimate of drug-likeness (QED) is 0.749. The second kappa shape index (κ2) is 8.98. The van der Waals surface area contributed by atoms with Crippen LogP contribution in [0.1, 0.15) is 45.2 Å². The summed E-state index contributed by atoms with van der Waals surface area (Å²) in [6.07, 6.45) is 1.18. The van der Waals surface area contributed by atoms with E-state index in [1.807, 2.05) is 0 Å². The highest BCUT2D eigenvalue weighted by molar-refractivity contribution is 5.37. The molecule has 1 rings (SSSR count). The number of benzene rings is 1. The van der Waals surface area contributed by atoms with Gasteiger partial charge in [0.1, 0.15) is 5.75 Å². The van der Waals surface area contributed by atoms with Crippen LogP contribution in [0.15, 0.2) is 18.2 Å². The molecule has 20 heavy (non-hydrogen) atoms. The van der Waals surface area contributed by atoms with Crippen LogP contribution in [0.5, 0.6) is 5.75 Å². The summed E-state index contributed by atoms with van der Waals surface area (Å²) in [5.41, 5.74) is 2.60. The zero-order chi connectivity index (χ0) is 15.0. The van der Waals surface area contributed by atoms with E-state index in [9.17, 15) is 0 Å². The molecule has 0 atom stereocenters. The van der Waals surface area contributed by atoms with Crippen molar-refractivity contribution in [3.63, 3.8) is 0 Å². The number of methoxy groups -OCH3 is 1. The van der Waals surface area contributed by atoms with Crippen molar-refractivity contribution < 1.29 is 4.74 Å². The van der Waals surface area contributed by atoms with Crippen molar-refractivity contribution in [3.05, 3.63) is 29.3 Å². The SMILES string of the molecule is CCCN(Cc1cc(CNCC)ccc1OC)C(C)C. The monoisotopic (exact) mass is 278 g/mol. The van der Waals surface area contributed by atoms with Gasteiger partial charge in [-0.1, -0.05) is 19.9 Å². The highest BCUT2D eigenvalue weighted by Gasteiger charge is 2.12. The largest absolute Gasteiger partial charge is 0.496 e. The van der Waals surface area contributed by atoms with Gasteiger partial charge in [-0.3, -0.25) is 4.90 Å². The van der Waals surface area contributed by atoms with Crippen molar-refractivity contribution in [2.24, 2.45) is 0 Å². The predicted molar refractivity (Wildman–Crippen MR) is 86.2 cm³/mol. The van der Waals surface area contributed by atoms with E-state index in [-0.39, 0.29) is 0 Å². The summed E-state index contributed by atoms with van der Waals surface area (Å²) in [6, 6.07) is 7.06. The van der Waals surface area contributed by atoms with Crippen molar-refractivity contribution in [1.29, 1.82) is 0 Å². The van der Waals surface area contributed by atoms with E-state index in [1.54, 1.807) is 7.11 Å². The van der Waals surface area contributed by atoms with Crippen LogP contribution in [0, 0.1) is 0 Å². The Morgan fingerprint density at radius 3 is 2.55 bits per heavy atom. The molecule has 0 aromatic heterocycles. The Morgan fingerprint density at radius 2 is 2.00 bits per heavy atom. The first-order valence-electron chi connectivity index (χ1n) is 7.72. The molecule has 0 amide bonds. The zero-order valence-corrected chi connectivity index (χ0v) is 13.7. The Balaban J connectivity index is 2.88. The molecule has 0 bridgehead atoms. The van der Waals surface area contributed by atoms with Gasteiger partial charge in [0.25, 0.3) is 0 Å². The zero-order valence-electron chi connectivity index (χ0n) is 13.7. The third-order valence-electron chi connectivity index (χ3n) is 3.54. The minimum atomic E-state index is 0.553. The van der Waals surface area contributed by atoms with E-state index in [2.05, 4.69) is 56.1 Å². The van der Waals surface area contributed by atoms with Crippen molar-refractivity contribution in [3.8, 4) is 5.75 Å². The number of rotatable bonds is 9. The van der Waals surface area contributed by atoms with Gasteiger partial charge >= 0.3 is 0 Å². The standard InChI is InChI=1S/C17H30N2O/c1-6-10-19(14(3)4)13-16-11-15(12-18-7-2)8-9-17(16)20-5/h8-9,11,14,18H,6-7,10,12-13H2,1-5H3. The molecular formula is C17H30N2O. The fourth-order valence-electron chi connectivity index (χ4n) is 2.36. The predicted octanol–water partition coefficient (Wildman–Crippen LogP) is 3.43. The molecule has 0 heterocycles. The van der Waals surface area contributed by atoms with Crippen LogP contribution in [-0.4, -0.2) is 31.1 Å². The lowest BCUT2D eigenvalue weighted by molar-refractivity contribution is 0.210. The van der Waals surface area contributed by atoms with E-state index >= 15 is 0 Å². The molecule has 0 saturated heterocycles. The van der Waals surface area contributed by atoms with E-state index in [0.29, 0.717) is 6.04 Å². The maximum absolute atomic E-state index is 5.52. The maximum Gasteiger partial charge on any atom is 0.123 e. The first-order valence-corrected chi connectivity index (χ1v) is 7.72. The topological polar surface area (TPSA) is 24.5 Å². The number of nitrogens with zero attached hydrogens (tertiary/aromatic N) is 1. The molecular weight excluding hydrogens is 248 g/mol. The average molecular weight is 278 g/mol. The molecule has 0 unspecified atom stereocenters. The van der Waals surface area contributed by atoms with Crippen LogP contribution < -0.4 is 10.1 Å². The van der Waals surface area contributed by atoms with Gasteiger partial charge in [-0.05, 0) is 51.1 Å². The third-order valence-corrected chi connectivity index (χ3v) is 3.54. The third kappa shape index (κ3) is 5.14. The summed E-state index contributed by atoms with van der Waals surface area (Å²) < 4.78 is 5.52. The van der Waals surface area contributed by atoms with Gasteiger partial charge in [0.15, 0.2) is 0 Å². The molecule has 3 nitrogen and oxygen atoms in total. The van der Waals surface area contributed by atoms with E-state index < -0.39 is 0 Å². The lowest BCUT2D eigenvalue weighted by atomic mass is 10.1. The second-order valence-corrected chi connectivity index (χ2v) is 5.49. The first kappa shape index (κ1) is 17.0. The lowest BCUT2D eigenvalue weighted by Crippen LogP contribution is -2.31. The lowest BCUT2D eigenvalue weighted by Gasteiger charge is -2.27. The molecule has 1 aromatic carbocycles. The van der Waals surface area contributed by atoms with Crippen molar-refractivity contribution in [2.75, 3.05) is 20.2 Å².